The van der Waals surface area contributed by atoms with E-state index < -0.39 is 0 Å². The molecule has 0 saturated carbocycles. The molecule has 3 heteroatoms. The van der Waals surface area contributed by atoms with Crippen molar-refractivity contribution in [3.63, 3.8) is 0 Å². The minimum atomic E-state index is 0.452. The molecule has 0 amide bonds. The third-order valence-electron chi connectivity index (χ3n) is 3.67. The van der Waals surface area contributed by atoms with Crippen LogP contribution in [0.4, 0.5) is 0 Å². The van der Waals surface area contributed by atoms with Crippen molar-refractivity contribution in [2.75, 3.05) is 26.2 Å². The van der Waals surface area contributed by atoms with E-state index in [1.807, 2.05) is 0 Å². The Hall–Kier alpha value is -0.800. The van der Waals surface area contributed by atoms with Gasteiger partial charge in [0.05, 0.1) is 0 Å². The summed E-state index contributed by atoms with van der Waals surface area (Å²) in [5, 5.41) is 3.48. The molecule has 0 aromatic carbocycles. The van der Waals surface area contributed by atoms with Gasteiger partial charge in [-0.1, -0.05) is 6.92 Å². The lowest BCUT2D eigenvalue weighted by Gasteiger charge is -2.19. The first kappa shape index (κ1) is 12.7. The molecule has 1 N–H and O–H groups in total. The van der Waals surface area contributed by atoms with Crippen molar-refractivity contribution in [2.45, 2.75) is 39.3 Å². The number of aromatic nitrogens is 1. The zero-order valence-electron chi connectivity index (χ0n) is 11.2. The van der Waals surface area contributed by atoms with Gasteiger partial charge in [-0.25, -0.2) is 0 Å². The summed E-state index contributed by atoms with van der Waals surface area (Å²) in [4.78, 5) is 2.57. The van der Waals surface area contributed by atoms with Crippen LogP contribution in [0.15, 0.2) is 18.3 Å². The van der Waals surface area contributed by atoms with Crippen LogP contribution in [0.1, 0.15) is 38.4 Å². The molecule has 0 aliphatic carbocycles. The largest absolute Gasteiger partial charge is 0.349 e. The molecule has 2 rings (SSSR count). The number of rotatable bonds is 6. The Morgan fingerprint density at radius 1 is 1.29 bits per heavy atom. The van der Waals surface area contributed by atoms with Crippen LogP contribution in [0.2, 0.25) is 0 Å². The average molecular weight is 235 g/mol. The minimum Gasteiger partial charge on any atom is -0.349 e. The molecule has 2 heterocycles. The van der Waals surface area contributed by atoms with Crippen molar-refractivity contribution in [3.8, 4) is 0 Å². The fraction of sp³-hybridized carbons (Fsp3) is 0.714. The molecule has 17 heavy (non-hydrogen) atoms. The summed E-state index contributed by atoms with van der Waals surface area (Å²) in [6.07, 6.45) is 4.97. The first-order valence-electron chi connectivity index (χ1n) is 6.92. The van der Waals surface area contributed by atoms with Crippen LogP contribution in [0.3, 0.4) is 0 Å². The third kappa shape index (κ3) is 3.33. The SMILES string of the molecule is CCNC(C)c1cccn1CCN1CCCC1. The first-order valence-corrected chi connectivity index (χ1v) is 6.92. The first-order chi connectivity index (χ1) is 8.31. The molecule has 0 bridgehead atoms. The highest BCUT2D eigenvalue weighted by atomic mass is 15.2. The zero-order chi connectivity index (χ0) is 12.1. The van der Waals surface area contributed by atoms with Gasteiger partial charge < -0.3 is 14.8 Å². The molecule has 1 fully saturated rings. The van der Waals surface area contributed by atoms with Crippen LogP contribution in [0.25, 0.3) is 0 Å². The molecule has 1 aromatic heterocycles. The Labute approximate surface area is 105 Å². The van der Waals surface area contributed by atoms with Gasteiger partial charge in [-0.3, -0.25) is 0 Å². The van der Waals surface area contributed by atoms with E-state index in [4.69, 9.17) is 0 Å². The van der Waals surface area contributed by atoms with Crippen molar-refractivity contribution in [1.29, 1.82) is 0 Å². The molecule has 0 spiro atoms. The van der Waals surface area contributed by atoms with Crippen molar-refractivity contribution >= 4 is 0 Å². The molecule has 1 atom stereocenters. The Bertz CT molecular complexity index is 326. The maximum atomic E-state index is 3.48. The maximum absolute atomic E-state index is 3.48. The second kappa shape index (κ2) is 6.22. The molecule has 1 unspecified atom stereocenters. The lowest BCUT2D eigenvalue weighted by Crippen LogP contribution is -2.26. The highest BCUT2D eigenvalue weighted by molar-refractivity contribution is 5.11. The number of hydrogen-bond donors (Lipinski definition) is 1. The van der Waals surface area contributed by atoms with E-state index in [1.54, 1.807) is 0 Å². The molecule has 1 aliphatic rings. The second-order valence-electron chi connectivity index (χ2n) is 4.95. The normalized spacial score (nSPS) is 18.7. The number of likely N-dealkylation sites (tertiary alicyclic amines) is 1. The van der Waals surface area contributed by atoms with E-state index >= 15 is 0 Å². The highest BCUT2D eigenvalue weighted by Gasteiger charge is 2.13. The lowest BCUT2D eigenvalue weighted by molar-refractivity contribution is 0.319. The summed E-state index contributed by atoms with van der Waals surface area (Å²) in [5.41, 5.74) is 1.41. The fourth-order valence-corrected chi connectivity index (χ4v) is 2.69. The molecule has 1 saturated heterocycles. The van der Waals surface area contributed by atoms with Gasteiger partial charge in [-0.05, 0) is 51.5 Å². The predicted molar refractivity (Wildman–Crippen MR) is 72.2 cm³/mol. The van der Waals surface area contributed by atoms with Crippen LogP contribution in [-0.2, 0) is 6.54 Å². The van der Waals surface area contributed by atoms with Gasteiger partial charge in [0.2, 0.25) is 0 Å². The molecule has 1 aromatic rings. The van der Waals surface area contributed by atoms with Crippen LogP contribution >= 0.6 is 0 Å². The van der Waals surface area contributed by atoms with E-state index in [1.165, 1.54) is 38.2 Å². The number of hydrogen-bond acceptors (Lipinski definition) is 2. The zero-order valence-corrected chi connectivity index (χ0v) is 11.2. The van der Waals surface area contributed by atoms with Gasteiger partial charge in [-0.15, -0.1) is 0 Å². The average Bonchev–Trinajstić information content (AvgIpc) is 2.98. The van der Waals surface area contributed by atoms with Crippen LogP contribution in [0.5, 0.6) is 0 Å². The Morgan fingerprint density at radius 2 is 2.06 bits per heavy atom. The van der Waals surface area contributed by atoms with E-state index in [0.717, 1.165) is 13.1 Å². The van der Waals surface area contributed by atoms with Gasteiger partial charge in [0.15, 0.2) is 0 Å². The minimum absolute atomic E-state index is 0.452. The topological polar surface area (TPSA) is 20.2 Å². The monoisotopic (exact) mass is 235 g/mol. The van der Waals surface area contributed by atoms with Crippen molar-refractivity contribution in [3.05, 3.63) is 24.0 Å². The van der Waals surface area contributed by atoms with Crippen molar-refractivity contribution in [2.24, 2.45) is 0 Å². The smallest absolute Gasteiger partial charge is 0.0446 e. The second-order valence-corrected chi connectivity index (χ2v) is 4.95. The Balaban J connectivity index is 1.89. The number of nitrogens with one attached hydrogen (secondary N) is 1. The summed E-state index contributed by atoms with van der Waals surface area (Å²) in [7, 11) is 0. The summed E-state index contributed by atoms with van der Waals surface area (Å²) >= 11 is 0. The van der Waals surface area contributed by atoms with E-state index in [0.29, 0.717) is 6.04 Å². The summed E-state index contributed by atoms with van der Waals surface area (Å²) in [5.74, 6) is 0. The van der Waals surface area contributed by atoms with E-state index in [2.05, 4.69) is 47.0 Å². The van der Waals surface area contributed by atoms with Gasteiger partial charge >= 0.3 is 0 Å². The quantitative estimate of drug-likeness (QED) is 0.816. The van der Waals surface area contributed by atoms with Gasteiger partial charge in [0.25, 0.3) is 0 Å². The molecule has 0 radical (unpaired) electrons. The fourth-order valence-electron chi connectivity index (χ4n) is 2.69. The lowest BCUT2D eigenvalue weighted by atomic mass is 10.2. The van der Waals surface area contributed by atoms with Crippen molar-refractivity contribution < 1.29 is 0 Å². The Morgan fingerprint density at radius 3 is 2.76 bits per heavy atom. The van der Waals surface area contributed by atoms with Gasteiger partial charge in [0, 0.05) is 31.0 Å². The molecule has 96 valence electrons. The van der Waals surface area contributed by atoms with Gasteiger partial charge in [0.1, 0.15) is 0 Å². The molecular formula is C14H25N3. The van der Waals surface area contributed by atoms with Crippen LogP contribution in [-0.4, -0.2) is 35.6 Å². The standard InChI is InChI=1S/C14H25N3/c1-3-15-13(2)14-7-6-10-17(14)12-11-16-8-4-5-9-16/h6-7,10,13,15H,3-5,8-9,11-12H2,1-2H3. The van der Waals surface area contributed by atoms with Crippen LogP contribution < -0.4 is 5.32 Å². The van der Waals surface area contributed by atoms with E-state index in [9.17, 15) is 0 Å². The van der Waals surface area contributed by atoms with Gasteiger partial charge in [-0.2, -0.15) is 0 Å². The van der Waals surface area contributed by atoms with Crippen LogP contribution in [0, 0.1) is 0 Å². The Kier molecular flexibility index (Phi) is 4.63. The maximum Gasteiger partial charge on any atom is 0.0446 e. The van der Waals surface area contributed by atoms with Crippen molar-refractivity contribution in [1.82, 2.24) is 14.8 Å². The highest BCUT2D eigenvalue weighted by Crippen LogP contribution is 2.14. The predicted octanol–water partition coefficient (Wildman–Crippen LogP) is 2.25. The molecule has 1 aliphatic heterocycles. The molecule has 3 nitrogen and oxygen atoms in total. The van der Waals surface area contributed by atoms with E-state index in [-0.39, 0.29) is 0 Å². The summed E-state index contributed by atoms with van der Waals surface area (Å²) < 4.78 is 2.39. The summed E-state index contributed by atoms with van der Waals surface area (Å²) in [6.45, 7) is 10.3. The molecular weight excluding hydrogens is 210 g/mol. The third-order valence-corrected chi connectivity index (χ3v) is 3.67. The number of nitrogens with zero attached hydrogens (tertiary/aromatic N) is 2. The summed E-state index contributed by atoms with van der Waals surface area (Å²) in [6, 6.07) is 4.85.